The van der Waals surface area contributed by atoms with Crippen molar-refractivity contribution in [1.29, 1.82) is 0 Å². The molecule has 2 aliphatic heterocycles. The number of ether oxygens (including phenoxy) is 2. The van der Waals surface area contributed by atoms with Crippen molar-refractivity contribution in [2.75, 3.05) is 52.1 Å². The van der Waals surface area contributed by atoms with E-state index in [0.29, 0.717) is 36.4 Å². The third-order valence-electron chi connectivity index (χ3n) is 7.28. The summed E-state index contributed by atoms with van der Waals surface area (Å²) in [6, 6.07) is 2.24. The first-order valence-corrected chi connectivity index (χ1v) is 12.4. The van der Waals surface area contributed by atoms with Gasteiger partial charge in [-0.25, -0.2) is 31.1 Å². The van der Waals surface area contributed by atoms with Gasteiger partial charge in [0.2, 0.25) is 11.8 Å². The van der Waals surface area contributed by atoms with Crippen molar-refractivity contribution < 1.29 is 31.4 Å². The van der Waals surface area contributed by atoms with Gasteiger partial charge in [0.1, 0.15) is 30.4 Å². The van der Waals surface area contributed by atoms with Crippen LogP contribution in [0.15, 0.2) is 24.4 Å². The molecule has 1 aromatic carbocycles. The number of piperidine rings is 1. The zero-order valence-electron chi connectivity index (χ0n) is 20.8. The van der Waals surface area contributed by atoms with E-state index in [4.69, 9.17) is 9.47 Å². The highest BCUT2D eigenvalue weighted by molar-refractivity contribution is 5.89. The lowest BCUT2D eigenvalue weighted by molar-refractivity contribution is -0.131. The molecule has 0 aliphatic carbocycles. The summed E-state index contributed by atoms with van der Waals surface area (Å²) in [4.78, 5) is 5.98. The van der Waals surface area contributed by atoms with Gasteiger partial charge < -0.3 is 14.8 Å². The number of alkyl halides is 4. The summed E-state index contributed by atoms with van der Waals surface area (Å²) in [6.45, 7) is -1.04. The summed E-state index contributed by atoms with van der Waals surface area (Å²) in [6.07, 6.45) is 1.24. The predicted octanol–water partition coefficient (Wildman–Crippen LogP) is 3.29. The third-order valence-corrected chi connectivity index (χ3v) is 7.28. The Bertz CT molecular complexity index is 1500. The minimum absolute atomic E-state index is 0.000685. The van der Waals surface area contributed by atoms with Crippen LogP contribution >= 0.6 is 0 Å². The summed E-state index contributed by atoms with van der Waals surface area (Å²) in [5.74, 6) is -3.93. The normalized spacial score (nSPS) is 20.1. The smallest absolute Gasteiger partial charge is 0.280 e. The molecule has 6 rings (SSSR count). The fraction of sp³-hybridized carbons (Fsp3) is 0.500. The van der Waals surface area contributed by atoms with E-state index >= 15 is 4.39 Å². The van der Waals surface area contributed by atoms with Gasteiger partial charge >= 0.3 is 0 Å². The van der Waals surface area contributed by atoms with Crippen LogP contribution in [0.1, 0.15) is 12.5 Å². The zero-order valence-corrected chi connectivity index (χ0v) is 20.8. The van der Waals surface area contributed by atoms with Gasteiger partial charge in [0, 0.05) is 6.54 Å². The number of benzene rings is 1. The Hall–Kier alpha value is -3.59. The van der Waals surface area contributed by atoms with Gasteiger partial charge in [-0.05, 0) is 24.1 Å². The number of anilines is 1. The Kier molecular flexibility index (Phi) is 6.49. The van der Waals surface area contributed by atoms with E-state index < -0.39 is 43.7 Å². The van der Waals surface area contributed by atoms with Crippen LogP contribution in [0.5, 0.6) is 5.88 Å². The molecule has 5 heterocycles. The summed E-state index contributed by atoms with van der Waals surface area (Å²) in [5.41, 5.74) is 1.24. The molecule has 208 valence electrons. The van der Waals surface area contributed by atoms with Crippen molar-refractivity contribution in [3.63, 3.8) is 0 Å². The fourth-order valence-corrected chi connectivity index (χ4v) is 5.08. The van der Waals surface area contributed by atoms with Gasteiger partial charge in [-0.2, -0.15) is 4.98 Å². The molecule has 0 radical (unpaired) electrons. The molecule has 0 amide bonds. The summed E-state index contributed by atoms with van der Waals surface area (Å²) >= 11 is 0. The molecular formula is C24H25F5N8O2. The van der Waals surface area contributed by atoms with Crippen molar-refractivity contribution in [2.45, 2.75) is 30.5 Å². The van der Waals surface area contributed by atoms with Gasteiger partial charge in [-0.15, -0.1) is 10.2 Å². The van der Waals surface area contributed by atoms with Gasteiger partial charge in [0.25, 0.3) is 5.92 Å². The lowest BCUT2D eigenvalue weighted by Gasteiger charge is -2.44. The average molecular weight is 553 g/mol. The average Bonchev–Trinajstić information content (AvgIpc) is 3.44. The maximum atomic E-state index is 15.3. The summed E-state index contributed by atoms with van der Waals surface area (Å²) in [7, 11) is 1.32. The Balaban J connectivity index is 1.34. The molecule has 2 aliphatic rings. The molecule has 0 bridgehead atoms. The van der Waals surface area contributed by atoms with Gasteiger partial charge in [-0.3, -0.25) is 4.90 Å². The second-order valence-electron chi connectivity index (χ2n) is 9.70. The van der Waals surface area contributed by atoms with Crippen molar-refractivity contribution in [3.8, 4) is 17.0 Å². The van der Waals surface area contributed by atoms with Gasteiger partial charge in [0.15, 0.2) is 5.82 Å². The van der Waals surface area contributed by atoms with Crippen LogP contribution in [0.4, 0.5) is 27.9 Å². The van der Waals surface area contributed by atoms with Crippen molar-refractivity contribution >= 4 is 22.5 Å². The number of rotatable bonds is 8. The number of hydrogen-bond donors (Lipinski definition) is 1. The molecule has 4 aromatic rings. The molecule has 0 unspecified atom stereocenters. The molecule has 1 N–H and O–H groups in total. The van der Waals surface area contributed by atoms with E-state index in [0.717, 1.165) is 10.9 Å². The molecule has 10 nitrogen and oxygen atoms in total. The van der Waals surface area contributed by atoms with E-state index in [-0.39, 0.29) is 35.4 Å². The van der Waals surface area contributed by atoms with Crippen LogP contribution in [0.2, 0.25) is 0 Å². The highest BCUT2D eigenvalue weighted by Crippen LogP contribution is 2.37. The maximum Gasteiger partial charge on any atom is 0.280 e. The molecule has 0 spiro atoms. The minimum Gasteiger partial charge on any atom is -0.479 e. The Morgan fingerprint density at radius 1 is 1.23 bits per heavy atom. The topological polar surface area (TPSA) is 94.6 Å². The van der Waals surface area contributed by atoms with Crippen molar-refractivity contribution in [3.05, 3.63) is 30.2 Å². The van der Waals surface area contributed by atoms with Crippen molar-refractivity contribution in [2.24, 2.45) is 0 Å². The summed E-state index contributed by atoms with van der Waals surface area (Å²) < 4.78 is 84.8. The minimum atomic E-state index is -3.06. The molecule has 1 atom stereocenters. The monoisotopic (exact) mass is 552 g/mol. The summed E-state index contributed by atoms with van der Waals surface area (Å²) in [5, 5.41) is 14.7. The van der Waals surface area contributed by atoms with E-state index in [1.165, 1.54) is 17.7 Å². The van der Waals surface area contributed by atoms with Gasteiger partial charge in [-0.1, -0.05) is 11.3 Å². The number of halogens is 5. The lowest BCUT2D eigenvalue weighted by Crippen LogP contribution is -2.61. The van der Waals surface area contributed by atoms with Crippen LogP contribution in [0.25, 0.3) is 27.7 Å². The molecule has 2 fully saturated rings. The molecule has 39 heavy (non-hydrogen) atoms. The highest BCUT2D eigenvalue weighted by Gasteiger charge is 2.47. The van der Waals surface area contributed by atoms with Crippen LogP contribution in [0.3, 0.4) is 0 Å². The van der Waals surface area contributed by atoms with Crippen LogP contribution in [-0.4, -0.2) is 99.3 Å². The van der Waals surface area contributed by atoms with Crippen LogP contribution in [0, 0.1) is 5.82 Å². The lowest BCUT2D eigenvalue weighted by atomic mass is 9.98. The zero-order chi connectivity index (χ0) is 27.3. The third kappa shape index (κ3) is 4.42. The predicted molar refractivity (Wildman–Crippen MR) is 130 cm³/mol. The molecular weight excluding hydrogens is 527 g/mol. The number of aromatic nitrogens is 6. The SMILES string of the molecule is COc1nc(N[C@@H]2CCN(C3COC3)CC2(F)F)nn2cc(F)c(-c3ccc4nnn(C(CF)CF)c4c3)c12. The van der Waals surface area contributed by atoms with E-state index in [2.05, 4.69) is 25.7 Å². The molecule has 2 saturated heterocycles. The molecule has 0 saturated carbocycles. The van der Waals surface area contributed by atoms with Crippen molar-refractivity contribution in [1.82, 2.24) is 34.5 Å². The quantitative estimate of drug-likeness (QED) is 0.333. The van der Waals surface area contributed by atoms with E-state index in [1.54, 1.807) is 17.0 Å². The Morgan fingerprint density at radius 2 is 2.03 bits per heavy atom. The number of likely N-dealkylation sites (tertiary alicyclic amines) is 1. The van der Waals surface area contributed by atoms with Crippen LogP contribution < -0.4 is 10.1 Å². The second kappa shape index (κ2) is 9.86. The maximum absolute atomic E-state index is 15.3. The van der Waals surface area contributed by atoms with Crippen LogP contribution in [-0.2, 0) is 4.74 Å². The largest absolute Gasteiger partial charge is 0.479 e. The van der Waals surface area contributed by atoms with E-state index in [9.17, 15) is 17.6 Å². The molecule has 3 aromatic heterocycles. The molecule has 15 heteroatoms. The number of nitrogens with zero attached hydrogens (tertiary/aromatic N) is 7. The number of hydrogen-bond acceptors (Lipinski definition) is 8. The Morgan fingerprint density at radius 3 is 2.69 bits per heavy atom. The number of nitrogens with one attached hydrogen (secondary N) is 1. The first-order chi connectivity index (χ1) is 18.8. The first kappa shape index (κ1) is 25.7. The second-order valence-corrected chi connectivity index (χ2v) is 9.70. The fourth-order valence-electron chi connectivity index (χ4n) is 5.08. The Labute approximate surface area is 218 Å². The van der Waals surface area contributed by atoms with E-state index in [1.807, 2.05) is 0 Å². The first-order valence-electron chi connectivity index (χ1n) is 12.4. The highest BCUT2D eigenvalue weighted by atomic mass is 19.3. The standard InChI is InChI=1S/C24H25F5N8O2/c1-38-22-21-20(13-2-3-17-18(6-13)37(34-32-17)14(7-25)8-26)16(27)9-36(21)33-23(31-22)30-19-4-5-35(12-24(19,28)29)15-10-39-11-15/h2-3,6,9,14-15,19H,4-5,7-8,10-12H2,1H3,(H,30,33)/t19-/m1/s1. The number of methoxy groups -OCH3 is 1. The number of fused-ring (bicyclic) bond motifs is 2. The van der Waals surface area contributed by atoms with Gasteiger partial charge in [0.05, 0.1) is 56.2 Å².